The molecule has 1 fully saturated rings. The largest absolute Gasteiger partial charge is 0.394 e. The molecule has 0 spiro atoms. The predicted molar refractivity (Wildman–Crippen MR) is 73.4 cm³/mol. The fourth-order valence-electron chi connectivity index (χ4n) is 2.68. The van der Waals surface area contributed by atoms with Crippen LogP contribution >= 0.6 is 0 Å². The van der Waals surface area contributed by atoms with Crippen molar-refractivity contribution in [1.82, 2.24) is 14.5 Å². The van der Waals surface area contributed by atoms with Crippen molar-refractivity contribution in [2.24, 2.45) is 0 Å². The molecule has 0 aromatic carbocycles. The van der Waals surface area contributed by atoms with Crippen LogP contribution in [-0.2, 0) is 4.74 Å². The van der Waals surface area contributed by atoms with Gasteiger partial charge in [0.05, 0.1) is 12.2 Å². The Morgan fingerprint density at radius 2 is 2.23 bits per heavy atom. The van der Waals surface area contributed by atoms with Gasteiger partial charge < -0.3 is 24.6 Å². The molecule has 3 aliphatic heterocycles. The molecule has 118 valence electrons. The lowest BCUT2D eigenvalue weighted by atomic mass is 9.96. The number of aliphatic hydroxyl groups excluding tert-OH is 2. The summed E-state index contributed by atoms with van der Waals surface area (Å²) in [5.41, 5.74) is -3.03. The summed E-state index contributed by atoms with van der Waals surface area (Å²) in [5, 5.41) is 29.7. The first-order valence-corrected chi connectivity index (χ1v) is 6.64. The zero-order valence-corrected chi connectivity index (χ0v) is 11.6. The van der Waals surface area contributed by atoms with E-state index in [1.165, 1.54) is 29.8 Å². The Balaban J connectivity index is 2.19. The van der Waals surface area contributed by atoms with E-state index in [4.69, 9.17) is 4.74 Å². The van der Waals surface area contributed by atoms with Gasteiger partial charge in [-0.3, -0.25) is 9.78 Å². The minimum absolute atomic E-state index is 0.0207. The summed E-state index contributed by atoms with van der Waals surface area (Å²) >= 11 is 0. The normalized spacial score (nSPS) is 31.7. The van der Waals surface area contributed by atoms with Crippen LogP contribution in [0.5, 0.6) is 0 Å². The van der Waals surface area contributed by atoms with Crippen LogP contribution in [0.1, 0.15) is 13.2 Å². The van der Waals surface area contributed by atoms with E-state index in [-0.39, 0.29) is 11.4 Å². The first-order chi connectivity index (χ1) is 10.4. The van der Waals surface area contributed by atoms with E-state index in [0.29, 0.717) is 0 Å². The summed E-state index contributed by atoms with van der Waals surface area (Å²) in [5.74, 6) is 0.0207. The number of fused-ring (bicyclic) bond motifs is 1. The lowest BCUT2D eigenvalue weighted by molar-refractivity contribution is -0.0964. The van der Waals surface area contributed by atoms with E-state index in [9.17, 15) is 24.9 Å². The number of aromatic amines is 1. The third-order valence-electron chi connectivity index (χ3n) is 3.85. The third kappa shape index (κ3) is 2.06. The van der Waals surface area contributed by atoms with Crippen molar-refractivity contribution in [3.05, 3.63) is 39.2 Å². The molecule has 0 bridgehead atoms. The number of aromatic nitrogens is 3. The van der Waals surface area contributed by atoms with Crippen LogP contribution in [0.25, 0.3) is 11.4 Å². The molecule has 0 amide bonds. The molecule has 0 aliphatic carbocycles. The van der Waals surface area contributed by atoms with Crippen LogP contribution in [-0.4, -0.2) is 54.3 Å². The van der Waals surface area contributed by atoms with Crippen molar-refractivity contribution >= 4 is 0 Å². The highest BCUT2D eigenvalue weighted by atomic mass is 16.6. The second-order valence-electron chi connectivity index (χ2n) is 5.40. The van der Waals surface area contributed by atoms with Gasteiger partial charge in [-0.2, -0.15) is 4.98 Å². The standard InChI is InChI=1S/C13H15N3O6/c1-13(21)8(18)7(5-17)22-11(13)16-4-2-3-6-9(16)14-12(20)15-10(6)19/h2-4,7-8,11,17-18,21H,5H2,1H3,(H,15,19,20)/t7-,8-,11-,13-/m1/s1. The van der Waals surface area contributed by atoms with Gasteiger partial charge in [0.2, 0.25) is 0 Å². The van der Waals surface area contributed by atoms with Crippen molar-refractivity contribution < 1.29 is 20.1 Å². The number of nitrogens with zero attached hydrogens (tertiary/aromatic N) is 2. The number of pyridine rings is 1. The number of nitrogens with one attached hydrogen (secondary N) is 1. The SMILES string of the molecule is C[C@@]1(O)[C@H](O)[C@@H](CO)O[C@H]1n1cccc2c(=O)[nH]c(=O)nc1-2. The predicted octanol–water partition coefficient (Wildman–Crippen LogP) is -1.96. The highest BCUT2D eigenvalue weighted by Gasteiger charge is 2.53. The lowest BCUT2D eigenvalue weighted by Gasteiger charge is -2.29. The molecule has 9 nitrogen and oxygen atoms in total. The van der Waals surface area contributed by atoms with E-state index in [2.05, 4.69) is 9.97 Å². The molecular formula is C13H15N3O6. The minimum Gasteiger partial charge on any atom is -0.394 e. The third-order valence-corrected chi connectivity index (χ3v) is 3.85. The van der Waals surface area contributed by atoms with Gasteiger partial charge in [-0.05, 0) is 19.1 Å². The number of hydrogen-bond acceptors (Lipinski definition) is 7. The highest BCUT2D eigenvalue weighted by Crippen LogP contribution is 2.39. The van der Waals surface area contributed by atoms with Crippen LogP contribution in [0.2, 0.25) is 0 Å². The Morgan fingerprint density at radius 1 is 1.50 bits per heavy atom. The summed E-state index contributed by atoms with van der Waals surface area (Å²) in [6.07, 6.45) is -1.97. The van der Waals surface area contributed by atoms with Gasteiger partial charge in [0.25, 0.3) is 5.56 Å². The smallest absolute Gasteiger partial charge is 0.349 e. The Morgan fingerprint density at radius 3 is 2.86 bits per heavy atom. The molecule has 0 aromatic rings. The zero-order valence-electron chi connectivity index (χ0n) is 11.6. The maximum absolute atomic E-state index is 11.8. The van der Waals surface area contributed by atoms with Gasteiger partial charge in [-0.25, -0.2) is 4.79 Å². The van der Waals surface area contributed by atoms with E-state index < -0.39 is 41.9 Å². The number of rotatable bonds is 2. The van der Waals surface area contributed by atoms with Gasteiger partial charge in [0, 0.05) is 6.20 Å². The van der Waals surface area contributed by atoms with Gasteiger partial charge in [-0.15, -0.1) is 0 Å². The minimum atomic E-state index is -1.74. The van der Waals surface area contributed by atoms with Crippen LogP contribution in [0, 0.1) is 0 Å². The van der Waals surface area contributed by atoms with Crippen molar-refractivity contribution in [3.63, 3.8) is 0 Å². The molecule has 3 aliphatic rings. The molecule has 4 N–H and O–H groups in total. The van der Waals surface area contributed by atoms with Gasteiger partial charge in [-0.1, -0.05) is 0 Å². The monoisotopic (exact) mass is 309 g/mol. The summed E-state index contributed by atoms with van der Waals surface area (Å²) in [4.78, 5) is 29.0. The second-order valence-corrected chi connectivity index (χ2v) is 5.40. The Hall–Kier alpha value is -2.07. The molecule has 3 heterocycles. The fraction of sp³-hybridized carbons (Fsp3) is 0.462. The molecule has 0 radical (unpaired) electrons. The maximum Gasteiger partial charge on any atom is 0.349 e. The van der Waals surface area contributed by atoms with E-state index in [1.54, 1.807) is 0 Å². The molecule has 4 atom stereocenters. The fourth-order valence-corrected chi connectivity index (χ4v) is 2.68. The number of ether oxygens (including phenoxy) is 1. The molecule has 0 saturated carbocycles. The first-order valence-electron chi connectivity index (χ1n) is 6.64. The van der Waals surface area contributed by atoms with Crippen LogP contribution < -0.4 is 11.2 Å². The molecule has 1 saturated heterocycles. The average Bonchev–Trinajstić information content (AvgIpc) is 2.69. The molecular weight excluding hydrogens is 294 g/mol. The van der Waals surface area contributed by atoms with Crippen molar-refractivity contribution in [2.75, 3.05) is 6.61 Å². The maximum atomic E-state index is 11.8. The summed E-state index contributed by atoms with van der Waals surface area (Å²) in [6, 6.07) is 3.00. The van der Waals surface area contributed by atoms with Crippen LogP contribution in [0.15, 0.2) is 27.9 Å². The van der Waals surface area contributed by atoms with E-state index in [0.717, 1.165) is 0 Å². The molecule has 9 heteroatoms. The lowest BCUT2D eigenvalue weighted by Crippen LogP contribution is -2.44. The molecule has 3 rings (SSSR count). The molecule has 0 aromatic heterocycles. The second kappa shape index (κ2) is 4.99. The molecule has 22 heavy (non-hydrogen) atoms. The van der Waals surface area contributed by atoms with Gasteiger partial charge in [0.1, 0.15) is 17.8 Å². The van der Waals surface area contributed by atoms with Crippen LogP contribution in [0.4, 0.5) is 0 Å². The Kier molecular flexibility index (Phi) is 3.37. The van der Waals surface area contributed by atoms with E-state index in [1.807, 2.05) is 0 Å². The summed E-state index contributed by atoms with van der Waals surface area (Å²) in [6.45, 7) is 0.856. The topological polar surface area (TPSA) is 138 Å². The van der Waals surface area contributed by atoms with Crippen molar-refractivity contribution in [1.29, 1.82) is 0 Å². The van der Waals surface area contributed by atoms with Gasteiger partial charge >= 0.3 is 5.69 Å². The Labute approximate surface area is 123 Å². The van der Waals surface area contributed by atoms with Gasteiger partial charge in [0.15, 0.2) is 12.1 Å². The van der Waals surface area contributed by atoms with E-state index >= 15 is 0 Å². The van der Waals surface area contributed by atoms with Crippen molar-refractivity contribution in [2.45, 2.75) is 31.0 Å². The highest BCUT2D eigenvalue weighted by molar-refractivity contribution is 5.54. The number of hydrogen-bond donors (Lipinski definition) is 4. The van der Waals surface area contributed by atoms with Crippen molar-refractivity contribution in [3.8, 4) is 11.4 Å². The molecule has 0 unspecified atom stereocenters. The van der Waals surface area contributed by atoms with Crippen LogP contribution in [0.3, 0.4) is 0 Å². The average molecular weight is 309 g/mol. The number of aliphatic hydroxyl groups is 3. The quantitative estimate of drug-likeness (QED) is 0.505. The number of H-pyrrole nitrogens is 1. The first kappa shape index (κ1) is 14.9. The Bertz CT molecular complexity index is 782. The summed E-state index contributed by atoms with van der Waals surface area (Å²) < 4.78 is 6.77. The zero-order chi connectivity index (χ0) is 16.1. The summed E-state index contributed by atoms with van der Waals surface area (Å²) in [7, 11) is 0.